The van der Waals surface area contributed by atoms with Crippen molar-refractivity contribution in [1.29, 1.82) is 0 Å². The van der Waals surface area contributed by atoms with E-state index in [1.165, 1.54) is 5.56 Å². The van der Waals surface area contributed by atoms with E-state index < -0.39 is 0 Å². The third-order valence-electron chi connectivity index (χ3n) is 2.79. The number of carbonyl (C=O) groups is 1. The number of hydrogen-bond acceptors (Lipinski definition) is 2. The molecule has 1 aromatic carbocycles. The highest BCUT2D eigenvalue weighted by Crippen LogP contribution is 2.20. The average Bonchev–Trinajstić information content (AvgIpc) is 2.27. The molecule has 0 atom stereocenters. The molecule has 1 aromatic rings. The maximum Gasteiger partial charge on any atom is 0.333 e. The molecule has 0 radical (unpaired) electrons. The SMILES string of the molecule is CCCCNC(=O)NNc1c(C)cc(C)cc1C. The van der Waals surface area contributed by atoms with Gasteiger partial charge in [0, 0.05) is 6.54 Å². The number of carbonyl (C=O) groups excluding carboxylic acids is 1. The molecule has 18 heavy (non-hydrogen) atoms. The van der Waals surface area contributed by atoms with E-state index >= 15 is 0 Å². The zero-order chi connectivity index (χ0) is 13.5. The quantitative estimate of drug-likeness (QED) is 0.555. The second-order valence-electron chi connectivity index (χ2n) is 4.63. The van der Waals surface area contributed by atoms with E-state index in [2.05, 4.69) is 42.1 Å². The number of unbranched alkanes of at least 4 members (excludes halogenated alkanes) is 1. The summed E-state index contributed by atoms with van der Waals surface area (Å²) in [5, 5.41) is 2.79. The number of urea groups is 1. The zero-order valence-corrected chi connectivity index (χ0v) is 11.7. The first-order valence-electron chi connectivity index (χ1n) is 6.42. The van der Waals surface area contributed by atoms with Crippen molar-refractivity contribution in [1.82, 2.24) is 10.7 Å². The van der Waals surface area contributed by atoms with Crippen LogP contribution in [0.25, 0.3) is 0 Å². The van der Waals surface area contributed by atoms with Gasteiger partial charge >= 0.3 is 6.03 Å². The Balaban J connectivity index is 2.51. The molecule has 3 N–H and O–H groups in total. The van der Waals surface area contributed by atoms with Gasteiger partial charge in [0.1, 0.15) is 0 Å². The van der Waals surface area contributed by atoms with Crippen LogP contribution < -0.4 is 16.2 Å². The fourth-order valence-electron chi connectivity index (χ4n) is 1.92. The van der Waals surface area contributed by atoms with Crippen molar-refractivity contribution < 1.29 is 4.79 Å². The molecule has 0 unspecified atom stereocenters. The lowest BCUT2D eigenvalue weighted by molar-refractivity contribution is 0.242. The molecular formula is C14H23N3O. The Morgan fingerprint density at radius 2 is 1.78 bits per heavy atom. The van der Waals surface area contributed by atoms with Gasteiger partial charge in [0.25, 0.3) is 0 Å². The third kappa shape index (κ3) is 4.28. The lowest BCUT2D eigenvalue weighted by atomic mass is 10.1. The summed E-state index contributed by atoms with van der Waals surface area (Å²) in [5.74, 6) is 0. The highest BCUT2D eigenvalue weighted by molar-refractivity contribution is 5.76. The number of aryl methyl sites for hydroxylation is 3. The zero-order valence-electron chi connectivity index (χ0n) is 11.7. The van der Waals surface area contributed by atoms with E-state index in [0.717, 1.165) is 29.7 Å². The first-order chi connectivity index (χ1) is 8.54. The summed E-state index contributed by atoms with van der Waals surface area (Å²) < 4.78 is 0. The van der Waals surface area contributed by atoms with Crippen LogP contribution in [0, 0.1) is 20.8 Å². The average molecular weight is 249 g/mol. The lowest BCUT2D eigenvalue weighted by Crippen LogP contribution is -2.39. The molecule has 1 rings (SSSR count). The number of benzene rings is 1. The van der Waals surface area contributed by atoms with Gasteiger partial charge < -0.3 is 5.32 Å². The van der Waals surface area contributed by atoms with Gasteiger partial charge in [0.15, 0.2) is 0 Å². The fraction of sp³-hybridized carbons (Fsp3) is 0.500. The number of hydrogen-bond donors (Lipinski definition) is 3. The van der Waals surface area contributed by atoms with Crippen LogP contribution in [-0.2, 0) is 0 Å². The fourth-order valence-corrected chi connectivity index (χ4v) is 1.92. The van der Waals surface area contributed by atoms with E-state index in [1.54, 1.807) is 0 Å². The minimum atomic E-state index is -0.192. The monoisotopic (exact) mass is 249 g/mol. The summed E-state index contributed by atoms with van der Waals surface area (Å²) in [6.45, 7) is 8.92. The van der Waals surface area contributed by atoms with E-state index in [9.17, 15) is 4.79 Å². The van der Waals surface area contributed by atoms with Crippen LogP contribution in [0.3, 0.4) is 0 Å². The number of hydrazine groups is 1. The molecule has 0 fully saturated rings. The molecule has 2 amide bonds. The molecule has 0 bridgehead atoms. The molecule has 0 aromatic heterocycles. The predicted octanol–water partition coefficient (Wildman–Crippen LogP) is 3.04. The Morgan fingerprint density at radius 3 is 2.33 bits per heavy atom. The Hall–Kier alpha value is -1.71. The van der Waals surface area contributed by atoms with Gasteiger partial charge in [-0.2, -0.15) is 0 Å². The van der Waals surface area contributed by atoms with Gasteiger partial charge in [-0.1, -0.05) is 31.0 Å². The Bertz CT molecular complexity index is 392. The van der Waals surface area contributed by atoms with Crippen LogP contribution in [0.1, 0.15) is 36.5 Å². The Kier molecular flexibility index (Phi) is 5.49. The van der Waals surface area contributed by atoms with E-state index in [4.69, 9.17) is 0 Å². The smallest absolute Gasteiger partial charge is 0.333 e. The molecule has 0 spiro atoms. The molecular weight excluding hydrogens is 226 g/mol. The van der Waals surface area contributed by atoms with Crippen molar-refractivity contribution >= 4 is 11.7 Å². The summed E-state index contributed by atoms with van der Waals surface area (Å²) in [7, 11) is 0. The molecule has 0 aliphatic heterocycles. The van der Waals surface area contributed by atoms with E-state index in [0.29, 0.717) is 6.54 Å². The van der Waals surface area contributed by atoms with E-state index in [1.807, 2.05) is 13.8 Å². The summed E-state index contributed by atoms with van der Waals surface area (Å²) in [6, 6.07) is 3.99. The van der Waals surface area contributed by atoms with Crippen molar-refractivity contribution in [3.63, 3.8) is 0 Å². The van der Waals surface area contributed by atoms with Gasteiger partial charge in [0.05, 0.1) is 5.69 Å². The number of nitrogens with one attached hydrogen (secondary N) is 3. The first kappa shape index (κ1) is 14.4. The number of rotatable bonds is 5. The molecule has 100 valence electrons. The summed E-state index contributed by atoms with van der Waals surface area (Å²) >= 11 is 0. The minimum absolute atomic E-state index is 0.192. The number of amides is 2. The topological polar surface area (TPSA) is 53.2 Å². The maximum atomic E-state index is 11.5. The summed E-state index contributed by atoms with van der Waals surface area (Å²) in [6.07, 6.45) is 2.07. The molecule has 0 aliphatic carbocycles. The van der Waals surface area contributed by atoms with E-state index in [-0.39, 0.29) is 6.03 Å². The van der Waals surface area contributed by atoms with Gasteiger partial charge in [-0.3, -0.25) is 10.9 Å². The molecule has 4 nitrogen and oxygen atoms in total. The molecule has 0 saturated heterocycles. The van der Waals surface area contributed by atoms with Crippen LogP contribution in [-0.4, -0.2) is 12.6 Å². The van der Waals surface area contributed by atoms with Crippen molar-refractivity contribution in [2.24, 2.45) is 0 Å². The van der Waals surface area contributed by atoms with Crippen LogP contribution in [0.5, 0.6) is 0 Å². The molecule has 0 heterocycles. The molecule has 0 saturated carbocycles. The van der Waals surface area contributed by atoms with Gasteiger partial charge in [-0.05, 0) is 38.3 Å². The Labute approximate surface area is 109 Å². The van der Waals surface area contributed by atoms with Crippen molar-refractivity contribution in [2.45, 2.75) is 40.5 Å². The van der Waals surface area contributed by atoms with Gasteiger partial charge in [-0.15, -0.1) is 0 Å². The maximum absolute atomic E-state index is 11.5. The molecule has 0 aliphatic rings. The minimum Gasteiger partial charge on any atom is -0.337 e. The second-order valence-corrected chi connectivity index (χ2v) is 4.63. The van der Waals surface area contributed by atoms with Gasteiger partial charge in [0.2, 0.25) is 0 Å². The second kappa shape index (κ2) is 6.89. The van der Waals surface area contributed by atoms with Crippen LogP contribution in [0.2, 0.25) is 0 Å². The van der Waals surface area contributed by atoms with Crippen LogP contribution in [0.4, 0.5) is 10.5 Å². The van der Waals surface area contributed by atoms with Gasteiger partial charge in [-0.25, -0.2) is 4.79 Å². The summed E-state index contributed by atoms with van der Waals surface area (Å²) in [4.78, 5) is 11.5. The van der Waals surface area contributed by atoms with Crippen molar-refractivity contribution in [2.75, 3.05) is 12.0 Å². The molecule has 4 heteroatoms. The van der Waals surface area contributed by atoms with Crippen LogP contribution in [0.15, 0.2) is 12.1 Å². The standard InChI is InChI=1S/C14H23N3O/c1-5-6-7-15-14(18)17-16-13-11(3)8-10(2)9-12(13)4/h8-9,16H,5-7H2,1-4H3,(H2,15,17,18). The largest absolute Gasteiger partial charge is 0.337 e. The van der Waals surface area contributed by atoms with Crippen molar-refractivity contribution in [3.8, 4) is 0 Å². The predicted molar refractivity (Wildman–Crippen MR) is 75.7 cm³/mol. The lowest BCUT2D eigenvalue weighted by Gasteiger charge is -2.15. The van der Waals surface area contributed by atoms with Crippen molar-refractivity contribution in [3.05, 3.63) is 28.8 Å². The first-order valence-corrected chi connectivity index (χ1v) is 6.42. The Morgan fingerprint density at radius 1 is 1.17 bits per heavy atom. The third-order valence-corrected chi connectivity index (χ3v) is 2.79. The summed E-state index contributed by atoms with van der Waals surface area (Å²) in [5.41, 5.74) is 10.1. The highest BCUT2D eigenvalue weighted by atomic mass is 16.2. The normalized spacial score (nSPS) is 10.0. The van der Waals surface area contributed by atoms with Crippen LogP contribution >= 0.6 is 0 Å². The number of anilines is 1. The highest BCUT2D eigenvalue weighted by Gasteiger charge is 2.04.